The molecule has 0 saturated carbocycles. The van der Waals surface area contributed by atoms with Crippen molar-refractivity contribution in [3.63, 3.8) is 0 Å². The fourth-order valence-electron chi connectivity index (χ4n) is 1.39. The van der Waals surface area contributed by atoms with Crippen molar-refractivity contribution < 1.29 is 13.2 Å². The van der Waals surface area contributed by atoms with E-state index in [1.54, 1.807) is 14.1 Å². The first-order valence-electron chi connectivity index (χ1n) is 5.58. The highest BCUT2D eigenvalue weighted by atomic mass is 32.2. The topological polar surface area (TPSA) is 119 Å². The SMILES string of the molecule is CN(C)C(=O)CCNc1cc(S(N)(=O)=O)ccc1N. The van der Waals surface area contributed by atoms with Gasteiger partial charge in [-0.3, -0.25) is 4.79 Å². The molecule has 0 aliphatic carbocycles. The Morgan fingerprint density at radius 3 is 2.53 bits per heavy atom. The van der Waals surface area contributed by atoms with Crippen LogP contribution in [0.2, 0.25) is 0 Å². The van der Waals surface area contributed by atoms with Gasteiger partial charge in [0.1, 0.15) is 0 Å². The van der Waals surface area contributed by atoms with Gasteiger partial charge in [0.05, 0.1) is 16.3 Å². The number of hydrogen-bond donors (Lipinski definition) is 3. The highest BCUT2D eigenvalue weighted by Crippen LogP contribution is 2.22. The Bertz CT molecular complexity index is 569. The molecule has 1 amide bonds. The van der Waals surface area contributed by atoms with Crippen LogP contribution < -0.4 is 16.2 Å². The fourth-order valence-corrected chi connectivity index (χ4v) is 1.93. The Morgan fingerprint density at radius 1 is 1.37 bits per heavy atom. The van der Waals surface area contributed by atoms with Crippen molar-refractivity contribution in [1.82, 2.24) is 4.90 Å². The van der Waals surface area contributed by atoms with Crippen molar-refractivity contribution in [3.05, 3.63) is 18.2 Å². The third-order valence-corrected chi connectivity index (χ3v) is 3.42. The Labute approximate surface area is 112 Å². The van der Waals surface area contributed by atoms with Crippen molar-refractivity contribution in [3.8, 4) is 0 Å². The van der Waals surface area contributed by atoms with Gasteiger partial charge in [-0.15, -0.1) is 0 Å². The second kappa shape index (κ2) is 5.89. The molecule has 1 aromatic carbocycles. The molecule has 0 unspecified atom stereocenters. The second-order valence-corrected chi connectivity index (χ2v) is 5.82. The molecule has 1 rings (SSSR count). The van der Waals surface area contributed by atoms with Gasteiger partial charge >= 0.3 is 0 Å². The summed E-state index contributed by atoms with van der Waals surface area (Å²) in [4.78, 5) is 12.8. The molecule has 0 saturated heterocycles. The smallest absolute Gasteiger partial charge is 0.238 e. The minimum absolute atomic E-state index is 0.0249. The number of nitrogen functional groups attached to an aromatic ring is 1. The molecule has 0 atom stereocenters. The lowest BCUT2D eigenvalue weighted by Crippen LogP contribution is -2.24. The van der Waals surface area contributed by atoms with E-state index in [0.29, 0.717) is 17.9 Å². The van der Waals surface area contributed by atoms with E-state index >= 15 is 0 Å². The van der Waals surface area contributed by atoms with Crippen LogP contribution in [0.25, 0.3) is 0 Å². The Balaban J connectivity index is 2.76. The number of primary sulfonamides is 1. The van der Waals surface area contributed by atoms with Gasteiger partial charge in [-0.25, -0.2) is 13.6 Å². The number of anilines is 2. The molecule has 0 aliphatic rings. The lowest BCUT2D eigenvalue weighted by molar-refractivity contribution is -0.128. The zero-order chi connectivity index (χ0) is 14.6. The van der Waals surface area contributed by atoms with E-state index in [2.05, 4.69) is 5.32 Å². The van der Waals surface area contributed by atoms with Gasteiger partial charge in [0.2, 0.25) is 15.9 Å². The normalized spacial score (nSPS) is 11.1. The van der Waals surface area contributed by atoms with Crippen LogP contribution >= 0.6 is 0 Å². The van der Waals surface area contributed by atoms with E-state index in [9.17, 15) is 13.2 Å². The average Bonchev–Trinajstić information content (AvgIpc) is 2.29. The quantitative estimate of drug-likeness (QED) is 0.648. The predicted molar refractivity (Wildman–Crippen MR) is 74.0 cm³/mol. The number of hydrogen-bond acceptors (Lipinski definition) is 5. The molecule has 7 nitrogen and oxygen atoms in total. The van der Waals surface area contributed by atoms with E-state index < -0.39 is 10.0 Å². The highest BCUT2D eigenvalue weighted by Gasteiger charge is 2.10. The van der Waals surface area contributed by atoms with Gasteiger partial charge in [-0.05, 0) is 18.2 Å². The molecule has 106 valence electrons. The number of rotatable bonds is 5. The summed E-state index contributed by atoms with van der Waals surface area (Å²) in [6.07, 6.45) is 0.284. The summed E-state index contributed by atoms with van der Waals surface area (Å²) >= 11 is 0. The number of carbonyl (C=O) groups excluding carboxylic acids is 1. The first-order chi connectivity index (χ1) is 8.71. The maximum Gasteiger partial charge on any atom is 0.238 e. The van der Waals surface area contributed by atoms with Gasteiger partial charge < -0.3 is 16.0 Å². The number of carbonyl (C=O) groups is 1. The zero-order valence-electron chi connectivity index (χ0n) is 10.9. The van der Waals surface area contributed by atoms with Crippen LogP contribution in [-0.4, -0.2) is 39.9 Å². The van der Waals surface area contributed by atoms with Gasteiger partial charge in [0.25, 0.3) is 0 Å². The minimum atomic E-state index is -3.77. The van der Waals surface area contributed by atoms with Crippen molar-refractivity contribution >= 4 is 27.3 Å². The maximum absolute atomic E-state index is 11.4. The number of amides is 1. The predicted octanol–water partition coefficient (Wildman–Crippen LogP) is -0.194. The summed E-state index contributed by atoms with van der Waals surface area (Å²) in [5.74, 6) is -0.0336. The molecule has 0 radical (unpaired) electrons. The monoisotopic (exact) mass is 286 g/mol. The Hall–Kier alpha value is -1.80. The van der Waals surface area contributed by atoms with E-state index in [1.165, 1.54) is 23.1 Å². The van der Waals surface area contributed by atoms with Crippen molar-refractivity contribution in [2.45, 2.75) is 11.3 Å². The minimum Gasteiger partial charge on any atom is -0.397 e. The third-order valence-electron chi connectivity index (χ3n) is 2.51. The maximum atomic E-state index is 11.4. The van der Waals surface area contributed by atoms with Crippen LogP contribution in [0.4, 0.5) is 11.4 Å². The molecule has 0 aliphatic heterocycles. The molecular weight excluding hydrogens is 268 g/mol. The van der Waals surface area contributed by atoms with E-state index in [0.717, 1.165) is 0 Å². The van der Waals surface area contributed by atoms with E-state index in [4.69, 9.17) is 10.9 Å². The van der Waals surface area contributed by atoms with Crippen LogP contribution in [0.1, 0.15) is 6.42 Å². The van der Waals surface area contributed by atoms with Crippen LogP contribution in [0.5, 0.6) is 0 Å². The van der Waals surface area contributed by atoms with Crippen LogP contribution in [0.3, 0.4) is 0 Å². The molecule has 19 heavy (non-hydrogen) atoms. The molecule has 5 N–H and O–H groups in total. The summed E-state index contributed by atoms with van der Waals surface area (Å²) in [6, 6.07) is 4.14. The van der Waals surface area contributed by atoms with Gasteiger partial charge in [-0.2, -0.15) is 0 Å². The molecule has 0 bridgehead atoms. The van der Waals surface area contributed by atoms with Gasteiger partial charge in [0.15, 0.2) is 0 Å². The first kappa shape index (κ1) is 15.3. The fraction of sp³-hybridized carbons (Fsp3) is 0.364. The third kappa shape index (κ3) is 4.42. The second-order valence-electron chi connectivity index (χ2n) is 4.26. The van der Waals surface area contributed by atoms with Crippen LogP contribution in [0.15, 0.2) is 23.1 Å². The van der Waals surface area contributed by atoms with Crippen LogP contribution in [-0.2, 0) is 14.8 Å². The lowest BCUT2D eigenvalue weighted by Gasteiger charge is -2.13. The van der Waals surface area contributed by atoms with Gasteiger partial charge in [0, 0.05) is 27.1 Å². The van der Waals surface area contributed by atoms with Gasteiger partial charge in [-0.1, -0.05) is 0 Å². The highest BCUT2D eigenvalue weighted by molar-refractivity contribution is 7.89. The average molecular weight is 286 g/mol. The largest absolute Gasteiger partial charge is 0.397 e. The summed E-state index contributed by atoms with van der Waals surface area (Å²) in [5, 5.41) is 7.95. The zero-order valence-corrected chi connectivity index (χ0v) is 11.7. The first-order valence-corrected chi connectivity index (χ1v) is 7.13. The Kier molecular flexibility index (Phi) is 4.73. The number of sulfonamides is 1. The van der Waals surface area contributed by atoms with Crippen molar-refractivity contribution in [2.75, 3.05) is 31.7 Å². The van der Waals surface area contributed by atoms with Crippen LogP contribution in [0, 0.1) is 0 Å². The number of benzene rings is 1. The molecule has 0 spiro atoms. The lowest BCUT2D eigenvalue weighted by atomic mass is 10.2. The summed E-state index contributed by atoms with van der Waals surface area (Å²) < 4.78 is 22.4. The molecule has 0 aromatic heterocycles. The number of nitrogens with one attached hydrogen (secondary N) is 1. The van der Waals surface area contributed by atoms with Crippen molar-refractivity contribution in [1.29, 1.82) is 0 Å². The van der Waals surface area contributed by atoms with E-state index in [-0.39, 0.29) is 17.2 Å². The molecule has 1 aromatic rings. The molecular formula is C11H18N4O3S. The molecule has 0 fully saturated rings. The number of nitrogens with two attached hydrogens (primary N) is 2. The van der Waals surface area contributed by atoms with Crippen molar-refractivity contribution in [2.24, 2.45) is 5.14 Å². The van der Waals surface area contributed by atoms with E-state index in [1.807, 2.05) is 0 Å². The summed E-state index contributed by atoms with van der Waals surface area (Å²) in [6.45, 7) is 0.356. The summed E-state index contributed by atoms with van der Waals surface area (Å²) in [5.41, 5.74) is 6.55. The standard InChI is InChI=1S/C11H18N4O3S/c1-15(2)11(16)5-6-14-10-7-8(19(13,17)18)3-4-9(10)12/h3-4,7,14H,5-6,12H2,1-2H3,(H2,13,17,18). The molecule has 0 heterocycles. The Morgan fingerprint density at radius 2 is 2.00 bits per heavy atom. The summed E-state index contributed by atoms with van der Waals surface area (Å²) in [7, 11) is -0.438. The molecule has 8 heteroatoms. The number of nitrogens with zero attached hydrogens (tertiary/aromatic N) is 1.